The first-order valence-corrected chi connectivity index (χ1v) is 7.29. The zero-order valence-corrected chi connectivity index (χ0v) is 12.2. The van der Waals surface area contributed by atoms with E-state index in [1.165, 1.54) is 0 Å². The van der Waals surface area contributed by atoms with Crippen LogP contribution in [0.15, 0.2) is 24.3 Å². The van der Waals surface area contributed by atoms with Gasteiger partial charge in [-0.1, -0.05) is 30.9 Å². The highest BCUT2D eigenvalue weighted by Gasteiger charge is 2.28. The van der Waals surface area contributed by atoms with Gasteiger partial charge in [-0.2, -0.15) is 0 Å². The Bertz CT molecular complexity index is 559. The van der Waals surface area contributed by atoms with E-state index >= 15 is 0 Å². The molecular formula is C17H21NO3. The summed E-state index contributed by atoms with van der Waals surface area (Å²) >= 11 is 0. The molecular weight excluding hydrogens is 266 g/mol. The Balaban J connectivity index is 2.18. The number of carbonyl (C=O) groups is 1. The molecule has 1 aliphatic rings. The van der Waals surface area contributed by atoms with Crippen LogP contribution in [0.1, 0.15) is 35.7 Å². The average Bonchev–Trinajstić information content (AvgIpc) is 2.50. The van der Waals surface area contributed by atoms with E-state index in [1.54, 1.807) is 11.0 Å². The molecule has 0 bridgehead atoms. The van der Waals surface area contributed by atoms with Gasteiger partial charge in [0.2, 0.25) is 0 Å². The smallest absolute Gasteiger partial charge is 0.255 e. The molecule has 2 N–H and O–H groups in total. The van der Waals surface area contributed by atoms with E-state index in [9.17, 15) is 9.90 Å². The van der Waals surface area contributed by atoms with Crippen molar-refractivity contribution in [3.63, 3.8) is 0 Å². The Hall–Kier alpha value is -1.83. The standard InChI is InChI=1S/C17H21NO3/c1-13-12-18(10-9-16(13)20)17(21)15-8-3-2-6-14(15)7-4-5-11-19/h2-3,6,8,13,16,19-20H,5,9-12H2,1H3. The predicted molar refractivity (Wildman–Crippen MR) is 80.7 cm³/mol. The number of aliphatic hydroxyl groups is 2. The fourth-order valence-electron chi connectivity index (χ4n) is 2.48. The van der Waals surface area contributed by atoms with Gasteiger partial charge in [-0.25, -0.2) is 0 Å². The molecule has 112 valence electrons. The van der Waals surface area contributed by atoms with Gasteiger partial charge >= 0.3 is 0 Å². The number of rotatable bonds is 2. The lowest BCUT2D eigenvalue weighted by Gasteiger charge is -2.34. The molecule has 4 heteroatoms. The second kappa shape index (κ2) is 7.26. The molecule has 1 saturated heterocycles. The Labute approximate surface area is 125 Å². The van der Waals surface area contributed by atoms with E-state index in [0.717, 1.165) is 0 Å². The van der Waals surface area contributed by atoms with Crippen molar-refractivity contribution in [1.82, 2.24) is 4.90 Å². The maximum atomic E-state index is 12.6. The lowest BCUT2D eigenvalue weighted by Crippen LogP contribution is -2.45. The fourth-order valence-corrected chi connectivity index (χ4v) is 2.48. The first-order chi connectivity index (χ1) is 10.1. The van der Waals surface area contributed by atoms with E-state index in [4.69, 9.17) is 5.11 Å². The van der Waals surface area contributed by atoms with Crippen LogP contribution in [0, 0.1) is 17.8 Å². The second-order valence-electron chi connectivity index (χ2n) is 5.41. The van der Waals surface area contributed by atoms with Crippen molar-refractivity contribution < 1.29 is 15.0 Å². The Morgan fingerprint density at radius 3 is 2.90 bits per heavy atom. The number of hydrogen-bond donors (Lipinski definition) is 2. The summed E-state index contributed by atoms with van der Waals surface area (Å²) in [5, 5.41) is 18.5. The Morgan fingerprint density at radius 1 is 1.43 bits per heavy atom. The summed E-state index contributed by atoms with van der Waals surface area (Å²) in [6.45, 7) is 3.11. The molecule has 2 atom stereocenters. The van der Waals surface area contributed by atoms with Crippen molar-refractivity contribution in [2.24, 2.45) is 5.92 Å². The largest absolute Gasteiger partial charge is 0.395 e. The molecule has 2 rings (SSSR count). The normalized spacial score (nSPS) is 21.6. The predicted octanol–water partition coefficient (Wildman–Crippen LogP) is 1.26. The van der Waals surface area contributed by atoms with Gasteiger partial charge in [-0.05, 0) is 24.5 Å². The second-order valence-corrected chi connectivity index (χ2v) is 5.41. The maximum absolute atomic E-state index is 12.6. The third kappa shape index (κ3) is 3.84. The molecule has 1 aromatic carbocycles. The number of amides is 1. The number of carbonyl (C=O) groups excluding carboxylic acids is 1. The molecule has 0 aliphatic carbocycles. The van der Waals surface area contributed by atoms with E-state index in [-0.39, 0.29) is 24.5 Å². The molecule has 4 nitrogen and oxygen atoms in total. The molecule has 0 saturated carbocycles. The summed E-state index contributed by atoms with van der Waals surface area (Å²) in [7, 11) is 0. The van der Waals surface area contributed by atoms with Crippen molar-refractivity contribution in [3.8, 4) is 11.8 Å². The van der Waals surface area contributed by atoms with Crippen molar-refractivity contribution in [2.45, 2.75) is 25.9 Å². The van der Waals surface area contributed by atoms with Crippen molar-refractivity contribution in [1.29, 1.82) is 0 Å². The zero-order valence-electron chi connectivity index (χ0n) is 12.2. The minimum Gasteiger partial charge on any atom is -0.395 e. The summed E-state index contributed by atoms with van der Waals surface area (Å²) in [5.74, 6) is 5.86. The van der Waals surface area contributed by atoms with Crippen LogP contribution < -0.4 is 0 Å². The molecule has 0 spiro atoms. The lowest BCUT2D eigenvalue weighted by atomic mass is 9.95. The Morgan fingerprint density at radius 2 is 2.19 bits per heavy atom. The van der Waals surface area contributed by atoms with Crippen LogP contribution in [-0.2, 0) is 0 Å². The molecule has 1 aromatic rings. The van der Waals surface area contributed by atoms with Gasteiger partial charge in [-0.3, -0.25) is 4.79 Å². The third-order valence-electron chi connectivity index (χ3n) is 3.76. The molecule has 2 unspecified atom stereocenters. The maximum Gasteiger partial charge on any atom is 0.255 e. The van der Waals surface area contributed by atoms with Crippen LogP contribution >= 0.6 is 0 Å². The molecule has 0 radical (unpaired) electrons. The fraction of sp³-hybridized carbons (Fsp3) is 0.471. The summed E-state index contributed by atoms with van der Waals surface area (Å²) in [6.07, 6.45) is 0.689. The minimum absolute atomic E-state index is 0.0185. The van der Waals surface area contributed by atoms with Crippen LogP contribution in [0.3, 0.4) is 0 Å². The molecule has 0 aromatic heterocycles. The molecule has 1 aliphatic heterocycles. The first kappa shape index (κ1) is 15.6. The van der Waals surface area contributed by atoms with Gasteiger partial charge in [0.15, 0.2) is 0 Å². The summed E-state index contributed by atoms with van der Waals surface area (Å²) in [6, 6.07) is 7.27. The molecule has 1 fully saturated rings. The molecule has 21 heavy (non-hydrogen) atoms. The zero-order chi connectivity index (χ0) is 15.2. The highest BCUT2D eigenvalue weighted by molar-refractivity contribution is 5.96. The Kier molecular flexibility index (Phi) is 5.38. The van der Waals surface area contributed by atoms with E-state index in [1.807, 2.05) is 25.1 Å². The van der Waals surface area contributed by atoms with Crippen molar-refractivity contribution in [2.75, 3.05) is 19.7 Å². The average molecular weight is 287 g/mol. The summed E-state index contributed by atoms with van der Waals surface area (Å²) in [4.78, 5) is 14.4. The van der Waals surface area contributed by atoms with Crippen LogP contribution in [0.4, 0.5) is 0 Å². The lowest BCUT2D eigenvalue weighted by molar-refractivity contribution is 0.0297. The number of piperidine rings is 1. The molecule has 1 amide bonds. The van der Waals surface area contributed by atoms with Crippen molar-refractivity contribution in [3.05, 3.63) is 35.4 Å². The van der Waals surface area contributed by atoms with E-state index in [0.29, 0.717) is 37.1 Å². The SMILES string of the molecule is CC1CN(C(=O)c2ccccc2C#CCCO)CCC1O. The number of likely N-dealkylation sites (tertiary alicyclic amines) is 1. The van der Waals surface area contributed by atoms with Crippen LogP contribution in [0.2, 0.25) is 0 Å². The summed E-state index contributed by atoms with van der Waals surface area (Å²) < 4.78 is 0. The highest BCUT2D eigenvalue weighted by atomic mass is 16.3. The van der Waals surface area contributed by atoms with Gasteiger partial charge < -0.3 is 15.1 Å². The topological polar surface area (TPSA) is 60.8 Å². The van der Waals surface area contributed by atoms with Crippen LogP contribution in [0.25, 0.3) is 0 Å². The van der Waals surface area contributed by atoms with Gasteiger partial charge in [-0.15, -0.1) is 0 Å². The number of hydrogen-bond acceptors (Lipinski definition) is 3. The van der Waals surface area contributed by atoms with E-state index in [2.05, 4.69) is 11.8 Å². The highest BCUT2D eigenvalue weighted by Crippen LogP contribution is 2.20. The first-order valence-electron chi connectivity index (χ1n) is 7.29. The monoisotopic (exact) mass is 287 g/mol. The quantitative estimate of drug-likeness (QED) is 0.805. The van der Waals surface area contributed by atoms with Gasteiger partial charge in [0.1, 0.15) is 0 Å². The van der Waals surface area contributed by atoms with Crippen LogP contribution in [0.5, 0.6) is 0 Å². The van der Waals surface area contributed by atoms with E-state index < -0.39 is 0 Å². The van der Waals surface area contributed by atoms with Crippen molar-refractivity contribution >= 4 is 5.91 Å². The number of aliphatic hydroxyl groups excluding tert-OH is 2. The molecule has 1 heterocycles. The van der Waals surface area contributed by atoms with Gasteiger partial charge in [0, 0.05) is 25.1 Å². The third-order valence-corrected chi connectivity index (χ3v) is 3.76. The number of nitrogens with zero attached hydrogens (tertiary/aromatic N) is 1. The van der Waals surface area contributed by atoms with Crippen LogP contribution in [-0.4, -0.2) is 46.8 Å². The van der Waals surface area contributed by atoms with Gasteiger partial charge in [0.25, 0.3) is 5.91 Å². The minimum atomic E-state index is -0.325. The summed E-state index contributed by atoms with van der Waals surface area (Å²) in [5.41, 5.74) is 1.28. The number of benzene rings is 1. The van der Waals surface area contributed by atoms with Gasteiger partial charge in [0.05, 0.1) is 18.3 Å².